The summed E-state index contributed by atoms with van der Waals surface area (Å²) in [5.74, 6) is 1.70. The Morgan fingerprint density at radius 2 is 1.83 bits per heavy atom. The molecule has 0 amide bonds. The average Bonchev–Trinajstić information content (AvgIpc) is 3.19. The van der Waals surface area contributed by atoms with Crippen molar-refractivity contribution in [3.63, 3.8) is 0 Å². The Labute approximate surface area is 188 Å². The van der Waals surface area contributed by atoms with Crippen molar-refractivity contribution < 1.29 is 14.6 Å². The minimum Gasteiger partial charge on any atom is -0.495 e. The lowest BCUT2D eigenvalue weighted by atomic mass is 9.70. The normalized spacial score (nSPS) is 31.4. The summed E-state index contributed by atoms with van der Waals surface area (Å²) in [5.41, 5.74) is 1.69. The molecule has 2 saturated carbocycles. The van der Waals surface area contributed by atoms with Gasteiger partial charge in [0, 0.05) is 32.7 Å². The van der Waals surface area contributed by atoms with Gasteiger partial charge in [-0.15, -0.1) is 12.4 Å². The SMILES string of the molecule is COc1ccccc1N1CCN(CC(O)COC2C3(C)CCC(C3)C2(C)C)CC1.Cl. The van der Waals surface area contributed by atoms with Crippen molar-refractivity contribution in [2.24, 2.45) is 16.7 Å². The molecule has 4 rings (SSSR count). The van der Waals surface area contributed by atoms with Crippen LogP contribution >= 0.6 is 12.4 Å². The Balaban J connectivity index is 0.00000256. The van der Waals surface area contributed by atoms with E-state index in [0.29, 0.717) is 18.6 Å². The second kappa shape index (κ2) is 9.23. The Morgan fingerprint density at radius 1 is 1.13 bits per heavy atom. The highest BCUT2D eigenvalue weighted by molar-refractivity contribution is 5.85. The third-order valence-corrected chi connectivity index (χ3v) is 7.86. The molecule has 5 nitrogen and oxygen atoms in total. The fourth-order valence-corrected chi connectivity index (χ4v) is 6.29. The predicted molar refractivity (Wildman–Crippen MR) is 124 cm³/mol. The molecule has 4 atom stereocenters. The maximum atomic E-state index is 10.7. The van der Waals surface area contributed by atoms with Crippen molar-refractivity contribution in [2.45, 2.75) is 52.2 Å². The Bertz CT molecular complexity index is 703. The number of halogens is 1. The number of ether oxygens (including phenoxy) is 2. The number of aliphatic hydroxyl groups is 1. The molecular formula is C24H39ClN2O3. The van der Waals surface area contributed by atoms with Gasteiger partial charge in [0.1, 0.15) is 5.75 Å². The van der Waals surface area contributed by atoms with E-state index in [1.54, 1.807) is 7.11 Å². The maximum absolute atomic E-state index is 10.7. The Hall–Kier alpha value is -1.01. The van der Waals surface area contributed by atoms with Crippen molar-refractivity contribution in [1.29, 1.82) is 0 Å². The van der Waals surface area contributed by atoms with E-state index < -0.39 is 6.10 Å². The molecule has 1 saturated heterocycles. The summed E-state index contributed by atoms with van der Waals surface area (Å²) >= 11 is 0. The number of fused-ring (bicyclic) bond motifs is 2. The van der Waals surface area contributed by atoms with E-state index in [-0.39, 0.29) is 23.9 Å². The Kier molecular flexibility index (Phi) is 7.28. The van der Waals surface area contributed by atoms with Gasteiger partial charge in [0.2, 0.25) is 0 Å². The lowest BCUT2D eigenvalue weighted by Crippen LogP contribution is -2.50. The molecule has 1 heterocycles. The third-order valence-electron chi connectivity index (χ3n) is 7.86. The van der Waals surface area contributed by atoms with Crippen molar-refractivity contribution in [1.82, 2.24) is 4.90 Å². The molecule has 1 N–H and O–H groups in total. The van der Waals surface area contributed by atoms with Gasteiger partial charge >= 0.3 is 0 Å². The molecule has 30 heavy (non-hydrogen) atoms. The summed E-state index contributed by atoms with van der Waals surface area (Å²) < 4.78 is 11.9. The van der Waals surface area contributed by atoms with Crippen LogP contribution in [0.1, 0.15) is 40.0 Å². The summed E-state index contributed by atoms with van der Waals surface area (Å²) in [7, 11) is 1.73. The standard InChI is InChI=1S/C24H38N2O3.ClH/c1-23(2)18-9-10-24(3,15-18)22(23)29-17-19(27)16-25-11-13-26(14-12-25)20-7-5-6-8-21(20)28-4;/h5-8,18-19,22,27H,9-17H2,1-4H3;1H. The first-order valence-corrected chi connectivity index (χ1v) is 11.2. The summed E-state index contributed by atoms with van der Waals surface area (Å²) in [6.45, 7) is 12.0. The van der Waals surface area contributed by atoms with Gasteiger partial charge in [-0.1, -0.05) is 32.9 Å². The van der Waals surface area contributed by atoms with Crippen LogP contribution in [0.4, 0.5) is 5.69 Å². The quantitative estimate of drug-likeness (QED) is 0.700. The largest absolute Gasteiger partial charge is 0.495 e. The van der Waals surface area contributed by atoms with Gasteiger partial charge in [0.05, 0.1) is 31.6 Å². The highest BCUT2D eigenvalue weighted by Crippen LogP contribution is 2.63. The second-order valence-electron chi connectivity index (χ2n) is 10.2. The first-order chi connectivity index (χ1) is 13.8. The molecule has 0 spiro atoms. The molecule has 1 aromatic rings. The molecule has 0 radical (unpaired) electrons. The number of aliphatic hydroxyl groups excluding tert-OH is 1. The van der Waals surface area contributed by atoms with E-state index in [1.165, 1.54) is 19.3 Å². The number of anilines is 1. The van der Waals surface area contributed by atoms with E-state index in [4.69, 9.17) is 9.47 Å². The maximum Gasteiger partial charge on any atom is 0.142 e. The van der Waals surface area contributed by atoms with Gasteiger partial charge in [-0.2, -0.15) is 0 Å². The van der Waals surface area contributed by atoms with Crippen molar-refractivity contribution in [3.8, 4) is 5.75 Å². The van der Waals surface area contributed by atoms with E-state index in [1.807, 2.05) is 12.1 Å². The van der Waals surface area contributed by atoms with Crippen LogP contribution in [0.25, 0.3) is 0 Å². The number of hydrogen-bond acceptors (Lipinski definition) is 5. The van der Waals surface area contributed by atoms with Crippen LogP contribution in [0.2, 0.25) is 0 Å². The number of β-amino-alcohol motifs (C(OH)–C–C–N with tert-alkyl or cyclic N) is 1. The molecule has 2 bridgehead atoms. The van der Waals surface area contributed by atoms with E-state index in [2.05, 4.69) is 42.7 Å². The zero-order valence-corrected chi connectivity index (χ0v) is 19.8. The molecule has 1 aliphatic heterocycles. The second-order valence-corrected chi connectivity index (χ2v) is 10.2. The average molecular weight is 439 g/mol. The minimum atomic E-state index is -0.425. The number of nitrogens with zero attached hydrogens (tertiary/aromatic N) is 2. The van der Waals surface area contributed by atoms with Gasteiger partial charge in [-0.3, -0.25) is 4.90 Å². The molecule has 3 fully saturated rings. The van der Waals surface area contributed by atoms with Crippen LogP contribution in [0.15, 0.2) is 24.3 Å². The lowest BCUT2D eigenvalue weighted by Gasteiger charge is -2.43. The van der Waals surface area contributed by atoms with Crippen LogP contribution in [0, 0.1) is 16.7 Å². The summed E-state index contributed by atoms with van der Waals surface area (Å²) in [6, 6.07) is 8.20. The lowest BCUT2D eigenvalue weighted by molar-refractivity contribution is -0.113. The minimum absolute atomic E-state index is 0. The fraction of sp³-hybridized carbons (Fsp3) is 0.750. The molecular weight excluding hydrogens is 400 g/mol. The number of hydrogen-bond donors (Lipinski definition) is 1. The predicted octanol–water partition coefficient (Wildman–Crippen LogP) is 3.83. The third kappa shape index (κ3) is 4.45. The van der Waals surface area contributed by atoms with Gasteiger partial charge in [0.15, 0.2) is 0 Å². The van der Waals surface area contributed by atoms with Crippen LogP contribution in [0.5, 0.6) is 5.75 Å². The first-order valence-electron chi connectivity index (χ1n) is 11.2. The van der Waals surface area contributed by atoms with Crippen LogP contribution in [0.3, 0.4) is 0 Å². The number of para-hydroxylation sites is 2. The molecule has 3 aliphatic rings. The molecule has 0 aromatic heterocycles. The van der Waals surface area contributed by atoms with Gasteiger partial charge in [-0.05, 0) is 48.1 Å². The van der Waals surface area contributed by atoms with Crippen LogP contribution in [-0.2, 0) is 4.74 Å². The monoisotopic (exact) mass is 438 g/mol. The van der Waals surface area contributed by atoms with Gasteiger partial charge in [0.25, 0.3) is 0 Å². The smallest absolute Gasteiger partial charge is 0.142 e. The van der Waals surface area contributed by atoms with Gasteiger partial charge < -0.3 is 19.5 Å². The topological polar surface area (TPSA) is 45.2 Å². The van der Waals surface area contributed by atoms with Crippen molar-refractivity contribution >= 4 is 18.1 Å². The summed E-state index contributed by atoms with van der Waals surface area (Å²) in [5, 5.41) is 10.7. The highest BCUT2D eigenvalue weighted by Gasteiger charge is 2.60. The highest BCUT2D eigenvalue weighted by atomic mass is 35.5. The number of methoxy groups -OCH3 is 1. The first kappa shape index (κ1) is 23.6. The van der Waals surface area contributed by atoms with Gasteiger partial charge in [-0.25, -0.2) is 0 Å². The molecule has 1 aromatic carbocycles. The zero-order chi connectivity index (χ0) is 20.6. The van der Waals surface area contributed by atoms with Crippen molar-refractivity contribution in [2.75, 3.05) is 51.3 Å². The number of benzene rings is 1. The van der Waals surface area contributed by atoms with Crippen molar-refractivity contribution in [3.05, 3.63) is 24.3 Å². The van der Waals surface area contributed by atoms with E-state index in [9.17, 15) is 5.11 Å². The number of rotatable bonds is 7. The molecule has 2 aliphatic carbocycles. The Morgan fingerprint density at radius 3 is 2.47 bits per heavy atom. The van der Waals surface area contributed by atoms with E-state index >= 15 is 0 Å². The summed E-state index contributed by atoms with van der Waals surface area (Å²) in [4.78, 5) is 4.73. The summed E-state index contributed by atoms with van der Waals surface area (Å²) in [6.07, 6.45) is 3.73. The van der Waals surface area contributed by atoms with Crippen LogP contribution in [-0.4, -0.2) is 68.7 Å². The zero-order valence-electron chi connectivity index (χ0n) is 19.0. The number of piperazine rings is 1. The molecule has 6 heteroatoms. The van der Waals surface area contributed by atoms with Crippen LogP contribution < -0.4 is 9.64 Å². The fourth-order valence-electron chi connectivity index (χ4n) is 6.29. The van der Waals surface area contributed by atoms with E-state index in [0.717, 1.165) is 43.5 Å². The molecule has 4 unspecified atom stereocenters. The molecule has 170 valence electrons.